The molecule has 0 bridgehead atoms. The zero-order valence-corrected chi connectivity index (χ0v) is 18.7. The van der Waals surface area contributed by atoms with Gasteiger partial charge < -0.3 is 5.32 Å². The van der Waals surface area contributed by atoms with Crippen LogP contribution in [0.5, 0.6) is 0 Å². The van der Waals surface area contributed by atoms with Crippen molar-refractivity contribution in [2.75, 3.05) is 17.3 Å². The Morgan fingerprint density at radius 3 is 2.83 bits per heavy atom. The molecule has 0 saturated carbocycles. The maximum Gasteiger partial charge on any atom is 0.262 e. The molecule has 1 amide bonds. The number of hydrogen-bond donors (Lipinski definition) is 1. The SMILES string of the molecule is CC(C)CCn1c(SCC(=O)N[C@@H]2CCS(=O)(=O)C2)nc2cc(Cl)ccc2c1=O. The van der Waals surface area contributed by atoms with Crippen LogP contribution in [0.2, 0.25) is 5.02 Å². The molecule has 0 aliphatic carbocycles. The Morgan fingerprint density at radius 2 is 2.17 bits per heavy atom. The summed E-state index contributed by atoms with van der Waals surface area (Å²) in [5, 5.41) is 4.19. The number of carbonyl (C=O) groups is 1. The molecule has 7 nitrogen and oxygen atoms in total. The Labute approximate surface area is 179 Å². The molecule has 3 rings (SSSR count). The minimum Gasteiger partial charge on any atom is -0.352 e. The highest BCUT2D eigenvalue weighted by atomic mass is 35.5. The number of benzene rings is 1. The van der Waals surface area contributed by atoms with Gasteiger partial charge in [0.1, 0.15) is 0 Å². The Balaban J connectivity index is 1.80. The zero-order valence-electron chi connectivity index (χ0n) is 16.4. The van der Waals surface area contributed by atoms with Gasteiger partial charge in [0, 0.05) is 17.6 Å². The lowest BCUT2D eigenvalue weighted by atomic mass is 10.1. The van der Waals surface area contributed by atoms with Crippen molar-refractivity contribution >= 4 is 50.0 Å². The summed E-state index contributed by atoms with van der Waals surface area (Å²) in [6.45, 7) is 4.66. The van der Waals surface area contributed by atoms with E-state index in [1.54, 1.807) is 22.8 Å². The monoisotopic (exact) mass is 457 g/mol. The van der Waals surface area contributed by atoms with E-state index in [4.69, 9.17) is 11.6 Å². The van der Waals surface area contributed by atoms with Crippen LogP contribution in [0.25, 0.3) is 10.9 Å². The average Bonchev–Trinajstić information content (AvgIpc) is 2.97. The lowest BCUT2D eigenvalue weighted by Gasteiger charge is -2.15. The molecule has 1 aliphatic heterocycles. The summed E-state index contributed by atoms with van der Waals surface area (Å²) in [5.74, 6) is 0.278. The molecule has 0 spiro atoms. The topological polar surface area (TPSA) is 98.1 Å². The molecule has 0 radical (unpaired) electrons. The van der Waals surface area contributed by atoms with Crippen LogP contribution >= 0.6 is 23.4 Å². The first kappa shape index (κ1) is 22.1. The number of rotatable bonds is 7. The number of thioether (sulfide) groups is 1. The molecule has 2 aromatic rings. The van der Waals surface area contributed by atoms with E-state index < -0.39 is 9.84 Å². The Bertz CT molecular complexity index is 1080. The number of halogens is 1. The van der Waals surface area contributed by atoms with Crippen molar-refractivity contribution in [2.45, 2.75) is 44.4 Å². The smallest absolute Gasteiger partial charge is 0.262 e. The van der Waals surface area contributed by atoms with Crippen molar-refractivity contribution in [3.63, 3.8) is 0 Å². The molecular formula is C19H24ClN3O4S2. The molecule has 1 aromatic heterocycles. The van der Waals surface area contributed by atoms with Crippen molar-refractivity contribution in [1.29, 1.82) is 0 Å². The van der Waals surface area contributed by atoms with Gasteiger partial charge in [-0.15, -0.1) is 0 Å². The van der Waals surface area contributed by atoms with Crippen molar-refractivity contribution in [3.05, 3.63) is 33.6 Å². The van der Waals surface area contributed by atoms with Gasteiger partial charge >= 0.3 is 0 Å². The lowest BCUT2D eigenvalue weighted by molar-refractivity contribution is -0.119. The number of carbonyl (C=O) groups excluding carboxylic acids is 1. The first-order valence-corrected chi connectivity index (χ1v) is 12.7. The van der Waals surface area contributed by atoms with E-state index in [2.05, 4.69) is 24.1 Å². The average molecular weight is 458 g/mol. The molecular weight excluding hydrogens is 434 g/mol. The normalized spacial score (nSPS) is 18.4. The quantitative estimate of drug-likeness (QED) is 0.506. The highest BCUT2D eigenvalue weighted by Crippen LogP contribution is 2.21. The first-order valence-electron chi connectivity index (χ1n) is 9.47. The molecule has 0 unspecified atom stereocenters. The standard InChI is InChI=1S/C19H24ClN3O4S2/c1-12(2)5-7-23-18(25)15-4-3-13(20)9-16(15)22-19(23)28-10-17(24)21-14-6-8-29(26,27)11-14/h3-4,9,12,14H,5-8,10-11H2,1-2H3,(H,21,24)/t14-/m1/s1. The van der Waals surface area contributed by atoms with Gasteiger partial charge in [-0.1, -0.05) is 37.2 Å². The molecule has 1 saturated heterocycles. The minimum atomic E-state index is -3.06. The van der Waals surface area contributed by atoms with E-state index in [0.29, 0.717) is 40.0 Å². The Hall–Kier alpha value is -1.58. The molecule has 1 N–H and O–H groups in total. The summed E-state index contributed by atoms with van der Waals surface area (Å²) in [4.78, 5) is 29.8. The number of hydrogen-bond acceptors (Lipinski definition) is 6. The molecule has 29 heavy (non-hydrogen) atoms. The molecule has 10 heteroatoms. The van der Waals surface area contributed by atoms with Crippen LogP contribution in [0.1, 0.15) is 26.7 Å². The van der Waals surface area contributed by atoms with Gasteiger partial charge in [0.05, 0.1) is 28.2 Å². The van der Waals surface area contributed by atoms with Crippen molar-refractivity contribution in [2.24, 2.45) is 5.92 Å². The number of amides is 1. The van der Waals surface area contributed by atoms with E-state index in [-0.39, 0.29) is 34.8 Å². The van der Waals surface area contributed by atoms with Crippen molar-refractivity contribution in [1.82, 2.24) is 14.9 Å². The third-order valence-electron chi connectivity index (χ3n) is 4.74. The number of sulfone groups is 1. The van der Waals surface area contributed by atoms with Gasteiger partial charge in [-0.25, -0.2) is 13.4 Å². The number of nitrogens with zero attached hydrogens (tertiary/aromatic N) is 2. The Morgan fingerprint density at radius 1 is 1.41 bits per heavy atom. The fourth-order valence-electron chi connectivity index (χ4n) is 3.18. The van der Waals surface area contributed by atoms with Gasteiger partial charge in [0.2, 0.25) is 5.91 Å². The Kier molecular flexibility index (Phi) is 6.90. The van der Waals surface area contributed by atoms with Crippen LogP contribution in [0.4, 0.5) is 0 Å². The lowest BCUT2D eigenvalue weighted by Crippen LogP contribution is -2.36. The van der Waals surface area contributed by atoms with E-state index in [1.807, 2.05) is 0 Å². The van der Waals surface area contributed by atoms with Crippen LogP contribution in [-0.4, -0.2) is 47.2 Å². The second-order valence-electron chi connectivity index (χ2n) is 7.65. The number of aromatic nitrogens is 2. The molecule has 1 fully saturated rings. The van der Waals surface area contributed by atoms with Crippen molar-refractivity contribution < 1.29 is 13.2 Å². The summed E-state index contributed by atoms with van der Waals surface area (Å²) in [5.41, 5.74) is 0.338. The molecule has 2 heterocycles. The summed E-state index contributed by atoms with van der Waals surface area (Å²) < 4.78 is 24.7. The molecule has 1 aliphatic rings. The van der Waals surface area contributed by atoms with Gasteiger partial charge in [-0.05, 0) is 37.0 Å². The van der Waals surface area contributed by atoms with Gasteiger partial charge in [-0.3, -0.25) is 14.2 Å². The van der Waals surface area contributed by atoms with E-state index in [1.165, 1.54) is 11.8 Å². The van der Waals surface area contributed by atoms with E-state index in [9.17, 15) is 18.0 Å². The molecule has 1 aromatic carbocycles. The zero-order chi connectivity index (χ0) is 21.2. The molecule has 158 valence electrons. The second-order valence-corrected chi connectivity index (χ2v) is 11.3. The maximum atomic E-state index is 13.0. The highest BCUT2D eigenvalue weighted by molar-refractivity contribution is 7.99. The third-order valence-corrected chi connectivity index (χ3v) is 7.72. The fraction of sp³-hybridized carbons (Fsp3) is 0.526. The number of nitrogens with one attached hydrogen (secondary N) is 1. The summed E-state index contributed by atoms with van der Waals surface area (Å²) in [6.07, 6.45) is 1.24. The van der Waals surface area contributed by atoms with Crippen LogP contribution in [-0.2, 0) is 21.2 Å². The summed E-state index contributed by atoms with van der Waals surface area (Å²) in [7, 11) is -3.06. The van der Waals surface area contributed by atoms with Crippen LogP contribution in [0, 0.1) is 5.92 Å². The van der Waals surface area contributed by atoms with Crippen molar-refractivity contribution in [3.8, 4) is 0 Å². The highest BCUT2D eigenvalue weighted by Gasteiger charge is 2.29. The van der Waals surface area contributed by atoms with Crippen LogP contribution < -0.4 is 10.9 Å². The largest absolute Gasteiger partial charge is 0.352 e. The summed E-state index contributed by atoms with van der Waals surface area (Å²) in [6, 6.07) is 4.62. The van der Waals surface area contributed by atoms with Gasteiger partial charge in [0.25, 0.3) is 5.56 Å². The predicted molar refractivity (Wildman–Crippen MR) is 116 cm³/mol. The maximum absolute atomic E-state index is 13.0. The van der Waals surface area contributed by atoms with Crippen LogP contribution in [0.15, 0.2) is 28.2 Å². The van der Waals surface area contributed by atoms with Gasteiger partial charge in [-0.2, -0.15) is 0 Å². The van der Waals surface area contributed by atoms with Crippen LogP contribution in [0.3, 0.4) is 0 Å². The number of fused-ring (bicyclic) bond motifs is 1. The third kappa shape index (κ3) is 5.73. The fourth-order valence-corrected chi connectivity index (χ4v) is 5.85. The molecule has 1 atom stereocenters. The van der Waals surface area contributed by atoms with Gasteiger partial charge in [0.15, 0.2) is 15.0 Å². The minimum absolute atomic E-state index is 0.0186. The van der Waals surface area contributed by atoms with E-state index >= 15 is 0 Å². The first-order chi connectivity index (χ1) is 13.6. The second kappa shape index (κ2) is 9.06. The van der Waals surface area contributed by atoms with E-state index in [0.717, 1.165) is 6.42 Å². The predicted octanol–water partition coefficient (Wildman–Crippen LogP) is 2.49. The summed E-state index contributed by atoms with van der Waals surface area (Å²) >= 11 is 7.21.